The molecule has 0 atom stereocenters. The van der Waals surface area contributed by atoms with Crippen LogP contribution >= 0.6 is 0 Å². The lowest BCUT2D eigenvalue weighted by atomic mass is 9.80. The first-order valence-corrected chi connectivity index (χ1v) is 16.4. The first kappa shape index (κ1) is 33.5. The highest BCUT2D eigenvalue weighted by Crippen LogP contribution is 2.42. The number of hydrogen-bond acceptors (Lipinski definition) is 6. The molecule has 5 aromatic carbocycles. The highest BCUT2D eigenvalue weighted by molar-refractivity contribution is 5.61. The van der Waals surface area contributed by atoms with Gasteiger partial charge in [-0.3, -0.25) is 4.98 Å². The molecular weight excluding hydrogens is 610 g/mol. The molecule has 1 aromatic heterocycles. The van der Waals surface area contributed by atoms with Crippen LogP contribution in [-0.4, -0.2) is 24.3 Å². The molecule has 6 aromatic rings. The van der Waals surface area contributed by atoms with Crippen molar-refractivity contribution in [1.29, 1.82) is 0 Å². The first-order chi connectivity index (χ1) is 24.0. The quantitative estimate of drug-likeness (QED) is 0.119. The Morgan fingerprint density at radius 1 is 0.571 bits per heavy atom. The molecule has 0 unspecified atom stereocenters. The number of rotatable bonds is 14. The fraction of sp³-hybridized carbons (Fsp3) is 0.186. The van der Waals surface area contributed by atoms with E-state index in [2.05, 4.69) is 55.5 Å². The maximum absolute atomic E-state index is 9.65. The average molecular weight is 652 g/mol. The van der Waals surface area contributed by atoms with Crippen LogP contribution in [0.25, 0.3) is 11.3 Å². The van der Waals surface area contributed by atoms with E-state index in [4.69, 9.17) is 23.9 Å². The van der Waals surface area contributed by atoms with Crippen molar-refractivity contribution in [3.8, 4) is 28.5 Å². The van der Waals surface area contributed by atoms with Gasteiger partial charge in [0.2, 0.25) is 0 Å². The Morgan fingerprint density at radius 3 is 1.80 bits per heavy atom. The highest BCUT2D eigenvalue weighted by atomic mass is 16.5. The minimum atomic E-state index is -0.918. The third-order valence-corrected chi connectivity index (χ3v) is 8.69. The molecule has 6 nitrogen and oxygen atoms in total. The number of ether oxygens (including phenoxy) is 4. The monoisotopic (exact) mass is 651 g/mol. The normalized spacial score (nSPS) is 11.3. The van der Waals surface area contributed by atoms with E-state index in [1.54, 1.807) is 14.2 Å². The lowest BCUT2D eigenvalue weighted by molar-refractivity contribution is 0.0000783. The van der Waals surface area contributed by atoms with Crippen LogP contribution in [0.1, 0.15) is 45.9 Å². The summed E-state index contributed by atoms with van der Waals surface area (Å²) in [6.07, 6.45) is 2.77. The van der Waals surface area contributed by atoms with E-state index in [0.717, 1.165) is 68.3 Å². The molecule has 0 bridgehead atoms. The van der Waals surface area contributed by atoms with Crippen molar-refractivity contribution in [2.75, 3.05) is 14.2 Å². The number of methoxy groups -OCH3 is 2. The standard InChI is InChI=1S/C43H41NO5/c1-4-31-23-33(28-45)25-34(24-31)29-48-41-12-8-9-35(26-41)42-22-13-32(27-44-42)30-49-43(36-10-6-5-7-11-36,37-14-18-39(46-2)19-15-37)38-16-20-40(47-3)21-17-38/h5-27,45H,4,28-30H2,1-3H3. The Balaban J connectivity index is 1.25. The molecule has 0 saturated heterocycles. The zero-order valence-corrected chi connectivity index (χ0v) is 28.1. The van der Waals surface area contributed by atoms with Crippen LogP contribution in [0.3, 0.4) is 0 Å². The summed E-state index contributed by atoms with van der Waals surface area (Å²) in [7, 11) is 3.33. The third kappa shape index (κ3) is 7.67. The predicted octanol–water partition coefficient (Wildman–Crippen LogP) is 8.91. The maximum atomic E-state index is 9.65. The van der Waals surface area contributed by atoms with Crippen LogP contribution in [0.5, 0.6) is 17.2 Å². The van der Waals surface area contributed by atoms with E-state index < -0.39 is 5.60 Å². The van der Waals surface area contributed by atoms with E-state index in [-0.39, 0.29) is 6.61 Å². The summed E-state index contributed by atoms with van der Waals surface area (Å²) in [5, 5.41) is 9.65. The number of pyridine rings is 1. The topological polar surface area (TPSA) is 70.0 Å². The molecular formula is C43H41NO5. The van der Waals surface area contributed by atoms with Gasteiger partial charge < -0.3 is 24.1 Å². The van der Waals surface area contributed by atoms with Gasteiger partial charge in [0.25, 0.3) is 0 Å². The Kier molecular flexibility index (Phi) is 10.7. The Morgan fingerprint density at radius 2 is 1.20 bits per heavy atom. The van der Waals surface area contributed by atoms with Crippen LogP contribution in [0.4, 0.5) is 0 Å². The van der Waals surface area contributed by atoms with Gasteiger partial charge in [-0.25, -0.2) is 0 Å². The minimum absolute atomic E-state index is 0.0131. The summed E-state index contributed by atoms with van der Waals surface area (Å²) in [4.78, 5) is 4.82. The number of hydrogen-bond donors (Lipinski definition) is 1. The molecule has 0 amide bonds. The van der Waals surface area contributed by atoms with Crippen molar-refractivity contribution >= 4 is 0 Å². The molecule has 49 heavy (non-hydrogen) atoms. The highest BCUT2D eigenvalue weighted by Gasteiger charge is 2.38. The summed E-state index contributed by atoms with van der Waals surface area (Å²) < 4.78 is 24.2. The van der Waals surface area contributed by atoms with E-state index in [1.807, 2.05) is 91.1 Å². The fourth-order valence-corrected chi connectivity index (χ4v) is 6.08. The second-order valence-electron chi connectivity index (χ2n) is 11.8. The molecule has 0 saturated carbocycles. The molecule has 0 aliphatic carbocycles. The summed E-state index contributed by atoms with van der Waals surface area (Å²) in [5.74, 6) is 2.30. The van der Waals surface area contributed by atoms with Crippen LogP contribution in [0, 0.1) is 0 Å². The van der Waals surface area contributed by atoms with Crippen LogP contribution in [0.2, 0.25) is 0 Å². The van der Waals surface area contributed by atoms with Crippen LogP contribution < -0.4 is 14.2 Å². The summed E-state index contributed by atoms with van der Waals surface area (Å²) in [6.45, 7) is 2.85. The van der Waals surface area contributed by atoms with Gasteiger partial charge in [-0.15, -0.1) is 0 Å². The summed E-state index contributed by atoms with van der Waals surface area (Å²) in [5.41, 5.74) is 7.87. The second kappa shape index (κ2) is 15.6. The Bertz CT molecular complexity index is 1870. The van der Waals surface area contributed by atoms with Crippen molar-refractivity contribution < 1.29 is 24.1 Å². The maximum Gasteiger partial charge on any atom is 0.144 e. The molecule has 6 rings (SSSR count). The molecule has 0 radical (unpaired) electrons. The van der Waals surface area contributed by atoms with E-state index in [0.29, 0.717) is 13.2 Å². The molecule has 1 heterocycles. The summed E-state index contributed by atoms with van der Waals surface area (Å²) >= 11 is 0. The Hall–Kier alpha value is -5.43. The lowest BCUT2D eigenvalue weighted by Gasteiger charge is -2.36. The summed E-state index contributed by atoms with van der Waals surface area (Å²) in [6, 6.07) is 44.5. The van der Waals surface area contributed by atoms with E-state index >= 15 is 0 Å². The molecule has 6 heteroatoms. The number of aliphatic hydroxyl groups is 1. The van der Waals surface area contributed by atoms with Gasteiger partial charge >= 0.3 is 0 Å². The van der Waals surface area contributed by atoms with E-state index in [9.17, 15) is 5.11 Å². The number of aromatic nitrogens is 1. The zero-order valence-electron chi connectivity index (χ0n) is 28.1. The van der Waals surface area contributed by atoms with Gasteiger partial charge in [0.1, 0.15) is 29.5 Å². The zero-order chi connectivity index (χ0) is 34.1. The number of aliphatic hydroxyl groups excluding tert-OH is 1. The lowest BCUT2D eigenvalue weighted by Crippen LogP contribution is -2.32. The number of benzene rings is 5. The molecule has 1 N–H and O–H groups in total. The van der Waals surface area contributed by atoms with Gasteiger partial charge in [-0.2, -0.15) is 0 Å². The van der Waals surface area contributed by atoms with Gasteiger partial charge in [0, 0.05) is 11.8 Å². The van der Waals surface area contributed by atoms with Crippen molar-refractivity contribution in [2.45, 2.75) is 38.8 Å². The molecule has 0 spiro atoms. The van der Waals surface area contributed by atoms with E-state index in [1.165, 1.54) is 5.56 Å². The van der Waals surface area contributed by atoms with Gasteiger partial charge in [0.05, 0.1) is 33.1 Å². The van der Waals surface area contributed by atoms with Crippen molar-refractivity contribution in [3.05, 3.63) is 179 Å². The van der Waals surface area contributed by atoms with Gasteiger partial charge in [0.15, 0.2) is 0 Å². The molecule has 0 fully saturated rings. The average Bonchev–Trinajstić information content (AvgIpc) is 3.18. The Labute approximate surface area is 288 Å². The number of nitrogens with zero attached hydrogens (tertiary/aromatic N) is 1. The predicted molar refractivity (Wildman–Crippen MR) is 193 cm³/mol. The van der Waals surface area contributed by atoms with Crippen molar-refractivity contribution in [1.82, 2.24) is 4.98 Å². The SMILES string of the molecule is CCc1cc(CO)cc(COc2cccc(-c3ccc(COC(c4ccccc4)(c4ccc(OC)cc4)c4ccc(OC)cc4)cn3)c2)c1. The first-order valence-electron chi connectivity index (χ1n) is 16.4. The van der Waals surface area contributed by atoms with Crippen LogP contribution in [0.15, 0.2) is 140 Å². The molecule has 0 aliphatic rings. The minimum Gasteiger partial charge on any atom is -0.497 e. The van der Waals surface area contributed by atoms with Crippen LogP contribution in [-0.2, 0) is 36.6 Å². The second-order valence-corrected chi connectivity index (χ2v) is 11.8. The smallest absolute Gasteiger partial charge is 0.144 e. The van der Waals surface area contributed by atoms with Gasteiger partial charge in [-0.1, -0.05) is 97.9 Å². The fourth-order valence-electron chi connectivity index (χ4n) is 6.08. The van der Waals surface area contributed by atoms with Crippen molar-refractivity contribution in [3.63, 3.8) is 0 Å². The molecule has 0 aliphatic heterocycles. The number of aryl methyl sites for hydroxylation is 1. The third-order valence-electron chi connectivity index (χ3n) is 8.69. The van der Waals surface area contributed by atoms with Gasteiger partial charge in [-0.05, 0) is 87.8 Å². The largest absolute Gasteiger partial charge is 0.497 e. The van der Waals surface area contributed by atoms with Crippen molar-refractivity contribution in [2.24, 2.45) is 0 Å². The molecule has 248 valence electrons.